The molecule has 2 aromatic rings. The lowest BCUT2D eigenvalue weighted by Crippen LogP contribution is -2.38. The second-order valence-electron chi connectivity index (χ2n) is 6.84. The van der Waals surface area contributed by atoms with Gasteiger partial charge in [-0.05, 0) is 52.7 Å². The maximum Gasteiger partial charge on any atom is 0.230 e. The second-order valence-corrected chi connectivity index (χ2v) is 6.84. The molecule has 2 heterocycles. The minimum Gasteiger partial charge on any atom is -0.331 e. The van der Waals surface area contributed by atoms with Crippen molar-refractivity contribution in [3.63, 3.8) is 0 Å². The van der Waals surface area contributed by atoms with Crippen LogP contribution in [0.2, 0.25) is 0 Å². The number of amides is 1. The standard InChI is InChI=1S/C19H26N4O/c1-12(18-13(2)21-22(5)15(18)4)19(24)23(16-9-10-16)14(3)17-8-6-7-11-20-17/h6-8,11-12,14,16H,9-10H2,1-5H3/t12-,14-/m0/s1. The van der Waals surface area contributed by atoms with Gasteiger partial charge in [0.25, 0.3) is 0 Å². The molecule has 0 N–H and O–H groups in total. The zero-order valence-electron chi connectivity index (χ0n) is 15.2. The molecule has 1 amide bonds. The molecule has 1 aliphatic carbocycles. The second kappa shape index (κ2) is 6.38. The third kappa shape index (κ3) is 2.95. The molecule has 0 spiro atoms. The van der Waals surface area contributed by atoms with Gasteiger partial charge >= 0.3 is 0 Å². The smallest absolute Gasteiger partial charge is 0.230 e. The van der Waals surface area contributed by atoms with E-state index in [0.29, 0.717) is 6.04 Å². The molecule has 1 saturated carbocycles. The fourth-order valence-corrected chi connectivity index (χ4v) is 3.57. The highest BCUT2D eigenvalue weighted by Gasteiger charge is 2.39. The molecular weight excluding hydrogens is 300 g/mol. The van der Waals surface area contributed by atoms with Crippen LogP contribution in [0.15, 0.2) is 24.4 Å². The first kappa shape index (κ1) is 16.7. The van der Waals surface area contributed by atoms with Gasteiger partial charge < -0.3 is 4.90 Å². The van der Waals surface area contributed by atoms with Gasteiger partial charge in [0, 0.05) is 30.5 Å². The van der Waals surface area contributed by atoms with E-state index in [1.807, 2.05) is 55.6 Å². The lowest BCUT2D eigenvalue weighted by Gasteiger charge is -2.31. The molecule has 0 saturated heterocycles. The van der Waals surface area contributed by atoms with Crippen molar-refractivity contribution in [2.45, 2.75) is 58.5 Å². The quantitative estimate of drug-likeness (QED) is 0.847. The molecule has 0 unspecified atom stereocenters. The van der Waals surface area contributed by atoms with E-state index in [4.69, 9.17) is 0 Å². The van der Waals surface area contributed by atoms with Crippen molar-refractivity contribution >= 4 is 5.91 Å². The minimum absolute atomic E-state index is 0.00839. The Bertz CT molecular complexity index is 733. The van der Waals surface area contributed by atoms with Gasteiger partial charge in [-0.1, -0.05) is 6.07 Å². The molecule has 0 radical (unpaired) electrons. The number of carbonyl (C=O) groups excluding carboxylic acids is 1. The van der Waals surface area contributed by atoms with Gasteiger partial charge in [-0.25, -0.2) is 0 Å². The van der Waals surface area contributed by atoms with Crippen LogP contribution in [0.4, 0.5) is 0 Å². The number of nitrogens with zero attached hydrogens (tertiary/aromatic N) is 4. The Hall–Kier alpha value is -2.17. The summed E-state index contributed by atoms with van der Waals surface area (Å²) in [5.74, 6) is -0.0136. The minimum atomic E-state index is -0.189. The monoisotopic (exact) mass is 326 g/mol. The van der Waals surface area contributed by atoms with Crippen LogP contribution in [0, 0.1) is 13.8 Å². The van der Waals surface area contributed by atoms with E-state index in [9.17, 15) is 4.79 Å². The highest BCUT2D eigenvalue weighted by Crippen LogP contribution is 2.37. The van der Waals surface area contributed by atoms with Crippen molar-refractivity contribution in [3.8, 4) is 0 Å². The maximum atomic E-state index is 13.3. The van der Waals surface area contributed by atoms with Gasteiger partial charge in [-0.3, -0.25) is 14.5 Å². The Balaban J connectivity index is 1.90. The number of aromatic nitrogens is 3. The Morgan fingerprint density at radius 1 is 1.29 bits per heavy atom. The van der Waals surface area contributed by atoms with E-state index >= 15 is 0 Å². The van der Waals surface area contributed by atoms with Crippen LogP contribution in [-0.4, -0.2) is 31.6 Å². The number of hydrogen-bond donors (Lipinski definition) is 0. The zero-order chi connectivity index (χ0) is 17.4. The molecule has 2 atom stereocenters. The molecule has 2 aromatic heterocycles. The molecule has 5 heteroatoms. The van der Waals surface area contributed by atoms with Crippen LogP contribution in [0.25, 0.3) is 0 Å². The number of rotatable bonds is 5. The molecule has 1 aliphatic rings. The van der Waals surface area contributed by atoms with Crippen LogP contribution in [0.5, 0.6) is 0 Å². The normalized spacial score (nSPS) is 16.7. The average molecular weight is 326 g/mol. The summed E-state index contributed by atoms with van der Waals surface area (Å²) in [6.07, 6.45) is 3.96. The van der Waals surface area contributed by atoms with Crippen molar-refractivity contribution in [2.75, 3.05) is 0 Å². The van der Waals surface area contributed by atoms with Crippen molar-refractivity contribution in [1.82, 2.24) is 19.7 Å². The maximum absolute atomic E-state index is 13.3. The third-order valence-electron chi connectivity index (χ3n) is 5.10. The predicted octanol–water partition coefficient (Wildman–Crippen LogP) is 3.29. The van der Waals surface area contributed by atoms with Crippen LogP contribution < -0.4 is 0 Å². The van der Waals surface area contributed by atoms with E-state index in [1.54, 1.807) is 6.20 Å². The Morgan fingerprint density at radius 3 is 2.50 bits per heavy atom. The highest BCUT2D eigenvalue weighted by molar-refractivity contribution is 5.84. The first-order valence-electron chi connectivity index (χ1n) is 8.65. The summed E-state index contributed by atoms with van der Waals surface area (Å²) in [4.78, 5) is 19.8. The van der Waals surface area contributed by atoms with Crippen LogP contribution in [-0.2, 0) is 11.8 Å². The van der Waals surface area contributed by atoms with E-state index in [-0.39, 0.29) is 17.9 Å². The van der Waals surface area contributed by atoms with Gasteiger partial charge in [0.2, 0.25) is 5.91 Å². The van der Waals surface area contributed by atoms with Crippen molar-refractivity contribution in [2.24, 2.45) is 7.05 Å². The molecular formula is C19H26N4O. The Labute approximate surface area is 143 Å². The summed E-state index contributed by atoms with van der Waals surface area (Å²) in [5, 5.41) is 4.47. The molecule has 5 nitrogen and oxygen atoms in total. The molecule has 128 valence electrons. The molecule has 0 bridgehead atoms. The van der Waals surface area contributed by atoms with Gasteiger partial charge in [0.1, 0.15) is 0 Å². The van der Waals surface area contributed by atoms with Gasteiger partial charge in [0.05, 0.1) is 23.3 Å². The Kier molecular flexibility index (Phi) is 4.43. The van der Waals surface area contributed by atoms with Crippen LogP contribution in [0.1, 0.15) is 61.3 Å². The summed E-state index contributed by atoms with van der Waals surface area (Å²) >= 11 is 0. The molecule has 1 fully saturated rings. The summed E-state index contributed by atoms with van der Waals surface area (Å²) in [6, 6.07) is 6.22. The van der Waals surface area contributed by atoms with E-state index in [2.05, 4.69) is 17.0 Å². The topological polar surface area (TPSA) is 51.0 Å². The van der Waals surface area contributed by atoms with Gasteiger partial charge in [0.15, 0.2) is 0 Å². The fourth-order valence-electron chi connectivity index (χ4n) is 3.57. The fraction of sp³-hybridized carbons (Fsp3) is 0.526. The number of pyridine rings is 1. The number of aryl methyl sites for hydroxylation is 2. The van der Waals surface area contributed by atoms with E-state index in [1.165, 1.54) is 0 Å². The van der Waals surface area contributed by atoms with E-state index < -0.39 is 0 Å². The SMILES string of the molecule is Cc1nn(C)c(C)c1[C@H](C)C(=O)N(C1CC1)[C@@H](C)c1ccccn1. The predicted molar refractivity (Wildman–Crippen MR) is 93.6 cm³/mol. The third-order valence-corrected chi connectivity index (χ3v) is 5.10. The first-order valence-corrected chi connectivity index (χ1v) is 8.65. The Morgan fingerprint density at radius 2 is 2.00 bits per heavy atom. The summed E-state index contributed by atoms with van der Waals surface area (Å²) < 4.78 is 1.86. The summed E-state index contributed by atoms with van der Waals surface area (Å²) in [7, 11) is 1.93. The van der Waals surface area contributed by atoms with Crippen LogP contribution >= 0.6 is 0 Å². The largest absolute Gasteiger partial charge is 0.331 e. The van der Waals surface area contributed by atoms with Crippen molar-refractivity contribution in [3.05, 3.63) is 47.0 Å². The van der Waals surface area contributed by atoms with Crippen molar-refractivity contribution < 1.29 is 4.79 Å². The summed E-state index contributed by atoms with van der Waals surface area (Å²) in [6.45, 7) is 8.09. The molecule has 0 aromatic carbocycles. The number of carbonyl (C=O) groups is 1. The first-order chi connectivity index (χ1) is 11.4. The molecule has 24 heavy (non-hydrogen) atoms. The lowest BCUT2D eigenvalue weighted by molar-refractivity contribution is -0.135. The van der Waals surface area contributed by atoms with Gasteiger partial charge in [-0.2, -0.15) is 5.10 Å². The highest BCUT2D eigenvalue weighted by atomic mass is 16.2. The average Bonchev–Trinajstić information content (AvgIpc) is 3.36. The van der Waals surface area contributed by atoms with Crippen LogP contribution in [0.3, 0.4) is 0 Å². The van der Waals surface area contributed by atoms with Crippen molar-refractivity contribution in [1.29, 1.82) is 0 Å². The summed E-state index contributed by atoms with van der Waals surface area (Å²) in [5.41, 5.74) is 4.01. The molecule has 0 aliphatic heterocycles. The zero-order valence-corrected chi connectivity index (χ0v) is 15.2. The lowest BCUT2D eigenvalue weighted by atomic mass is 9.96. The van der Waals surface area contributed by atoms with E-state index in [0.717, 1.165) is 35.5 Å². The van der Waals surface area contributed by atoms with Gasteiger partial charge in [-0.15, -0.1) is 0 Å². The molecule has 3 rings (SSSR count). The number of hydrogen-bond acceptors (Lipinski definition) is 3.